The molecule has 2 rings (SSSR count). The second kappa shape index (κ2) is 8.55. The fourth-order valence-electron chi connectivity index (χ4n) is 2.32. The van der Waals surface area contributed by atoms with Gasteiger partial charge in [0.2, 0.25) is 0 Å². The molecule has 1 aromatic rings. The number of rotatable bonds is 5. The standard InChI is InChI=1S/C17H20ClF2NO3/c1-10(2)3-6-24-16-9-23-5-4-15(16)21-17(22)11-7-13(19)14(20)8-12(11)18/h3,7-8,15-16H,4-6,9H2,1-2H3,(H,21,22)/t15-,16-/m1/s1. The molecule has 132 valence electrons. The van der Waals surface area contributed by atoms with E-state index in [9.17, 15) is 13.6 Å². The van der Waals surface area contributed by atoms with Crippen LogP contribution in [0, 0.1) is 11.6 Å². The maximum Gasteiger partial charge on any atom is 0.253 e. The number of carbonyl (C=O) groups is 1. The molecule has 0 aliphatic carbocycles. The average molecular weight is 360 g/mol. The summed E-state index contributed by atoms with van der Waals surface area (Å²) in [6.07, 6.45) is 2.18. The molecule has 1 fully saturated rings. The minimum atomic E-state index is -1.12. The van der Waals surface area contributed by atoms with E-state index < -0.39 is 17.5 Å². The third kappa shape index (κ3) is 5.00. The van der Waals surface area contributed by atoms with Crippen molar-refractivity contribution < 1.29 is 23.0 Å². The van der Waals surface area contributed by atoms with Crippen molar-refractivity contribution in [2.45, 2.75) is 32.4 Å². The van der Waals surface area contributed by atoms with Crippen molar-refractivity contribution in [2.24, 2.45) is 0 Å². The number of carbonyl (C=O) groups excluding carboxylic acids is 1. The van der Waals surface area contributed by atoms with E-state index in [1.165, 1.54) is 0 Å². The minimum Gasteiger partial charge on any atom is -0.379 e. The molecule has 0 unspecified atom stereocenters. The van der Waals surface area contributed by atoms with Crippen LogP contribution in [0.25, 0.3) is 0 Å². The fraction of sp³-hybridized carbons (Fsp3) is 0.471. The Labute approximate surface area is 144 Å². The number of ether oxygens (including phenoxy) is 2. The van der Waals surface area contributed by atoms with E-state index in [0.29, 0.717) is 26.2 Å². The molecule has 1 aliphatic heterocycles. The highest BCUT2D eigenvalue weighted by Crippen LogP contribution is 2.21. The predicted molar refractivity (Wildman–Crippen MR) is 87.2 cm³/mol. The van der Waals surface area contributed by atoms with E-state index in [1.807, 2.05) is 19.9 Å². The van der Waals surface area contributed by atoms with Crippen LogP contribution < -0.4 is 5.32 Å². The molecule has 0 bridgehead atoms. The van der Waals surface area contributed by atoms with Gasteiger partial charge in [-0.3, -0.25) is 4.79 Å². The summed E-state index contributed by atoms with van der Waals surface area (Å²) in [7, 11) is 0. The van der Waals surface area contributed by atoms with Crippen LogP contribution in [-0.2, 0) is 9.47 Å². The average Bonchev–Trinajstić information content (AvgIpc) is 2.52. The van der Waals surface area contributed by atoms with Crippen LogP contribution >= 0.6 is 11.6 Å². The normalized spacial score (nSPS) is 20.5. The van der Waals surface area contributed by atoms with Crippen molar-refractivity contribution in [3.8, 4) is 0 Å². The Morgan fingerprint density at radius 1 is 1.42 bits per heavy atom. The lowest BCUT2D eigenvalue weighted by Crippen LogP contribution is -2.50. The van der Waals surface area contributed by atoms with Gasteiger partial charge in [0.25, 0.3) is 5.91 Å². The first-order chi connectivity index (χ1) is 11.4. The SMILES string of the molecule is CC(C)=CCO[C@@H]1COCC[C@H]1NC(=O)c1cc(F)c(F)cc1Cl. The summed E-state index contributed by atoms with van der Waals surface area (Å²) in [6.45, 7) is 5.18. The number of halogens is 3. The Kier molecular flexibility index (Phi) is 6.71. The summed E-state index contributed by atoms with van der Waals surface area (Å²) < 4.78 is 37.6. The van der Waals surface area contributed by atoms with E-state index in [1.54, 1.807) is 0 Å². The molecule has 2 atom stereocenters. The van der Waals surface area contributed by atoms with Crippen LogP contribution in [0.2, 0.25) is 5.02 Å². The number of benzene rings is 1. The smallest absolute Gasteiger partial charge is 0.253 e. The zero-order chi connectivity index (χ0) is 17.7. The van der Waals surface area contributed by atoms with Crippen LogP contribution in [0.1, 0.15) is 30.6 Å². The Hall–Kier alpha value is -1.50. The molecule has 7 heteroatoms. The Morgan fingerprint density at radius 3 is 2.83 bits per heavy atom. The summed E-state index contributed by atoms with van der Waals surface area (Å²) in [5.41, 5.74) is 1.02. The Balaban J connectivity index is 2.05. The molecule has 4 nitrogen and oxygen atoms in total. The van der Waals surface area contributed by atoms with Gasteiger partial charge in [-0.05, 0) is 32.4 Å². The summed E-state index contributed by atoms with van der Waals surface area (Å²) >= 11 is 5.84. The maximum atomic E-state index is 13.4. The molecule has 1 saturated heterocycles. The molecule has 1 N–H and O–H groups in total. The summed E-state index contributed by atoms with van der Waals surface area (Å²) in [4.78, 5) is 12.3. The number of hydrogen-bond donors (Lipinski definition) is 1. The van der Waals surface area contributed by atoms with Crippen molar-refractivity contribution in [1.29, 1.82) is 0 Å². The van der Waals surface area contributed by atoms with Crippen LogP contribution in [-0.4, -0.2) is 37.9 Å². The van der Waals surface area contributed by atoms with Crippen molar-refractivity contribution in [3.05, 3.63) is 46.0 Å². The molecule has 1 heterocycles. The van der Waals surface area contributed by atoms with Crippen LogP contribution in [0.3, 0.4) is 0 Å². The predicted octanol–water partition coefficient (Wildman–Crippen LogP) is 3.49. The molecule has 0 radical (unpaired) electrons. The highest BCUT2D eigenvalue weighted by atomic mass is 35.5. The van der Waals surface area contributed by atoms with Crippen molar-refractivity contribution in [2.75, 3.05) is 19.8 Å². The molecule has 1 aromatic carbocycles. The number of nitrogens with one attached hydrogen (secondary N) is 1. The van der Waals surface area contributed by atoms with Gasteiger partial charge in [-0.1, -0.05) is 23.3 Å². The lowest BCUT2D eigenvalue weighted by molar-refractivity contribution is -0.0589. The zero-order valence-electron chi connectivity index (χ0n) is 13.6. The van der Waals surface area contributed by atoms with Gasteiger partial charge in [0.1, 0.15) is 6.10 Å². The molecule has 0 spiro atoms. The second-order valence-corrected chi connectivity index (χ2v) is 6.25. The summed E-state index contributed by atoms with van der Waals surface area (Å²) in [5.74, 6) is -2.78. The van der Waals surface area contributed by atoms with Crippen molar-refractivity contribution >= 4 is 17.5 Å². The van der Waals surface area contributed by atoms with Crippen LogP contribution in [0.15, 0.2) is 23.8 Å². The number of allylic oxidation sites excluding steroid dienone is 1. The third-order valence-electron chi connectivity index (χ3n) is 3.68. The lowest BCUT2D eigenvalue weighted by Gasteiger charge is -2.32. The van der Waals surface area contributed by atoms with Gasteiger partial charge in [0, 0.05) is 6.61 Å². The monoisotopic (exact) mass is 359 g/mol. The van der Waals surface area contributed by atoms with E-state index in [-0.39, 0.29) is 22.7 Å². The largest absolute Gasteiger partial charge is 0.379 e. The molecular formula is C17H20ClF2NO3. The Morgan fingerprint density at radius 2 is 2.12 bits per heavy atom. The van der Waals surface area contributed by atoms with Gasteiger partial charge >= 0.3 is 0 Å². The number of amides is 1. The van der Waals surface area contributed by atoms with Gasteiger partial charge in [-0.2, -0.15) is 0 Å². The van der Waals surface area contributed by atoms with E-state index in [0.717, 1.165) is 17.7 Å². The zero-order valence-corrected chi connectivity index (χ0v) is 14.3. The highest BCUT2D eigenvalue weighted by Gasteiger charge is 2.29. The van der Waals surface area contributed by atoms with Crippen LogP contribution in [0.4, 0.5) is 8.78 Å². The topological polar surface area (TPSA) is 47.6 Å². The molecular weight excluding hydrogens is 340 g/mol. The third-order valence-corrected chi connectivity index (χ3v) is 3.99. The highest BCUT2D eigenvalue weighted by molar-refractivity contribution is 6.33. The van der Waals surface area contributed by atoms with Crippen molar-refractivity contribution in [3.63, 3.8) is 0 Å². The van der Waals surface area contributed by atoms with Gasteiger partial charge in [-0.15, -0.1) is 0 Å². The first-order valence-electron chi connectivity index (χ1n) is 7.66. The van der Waals surface area contributed by atoms with E-state index in [2.05, 4.69) is 5.32 Å². The summed E-state index contributed by atoms with van der Waals surface area (Å²) in [6, 6.07) is 1.30. The molecule has 1 amide bonds. The first-order valence-corrected chi connectivity index (χ1v) is 8.04. The summed E-state index contributed by atoms with van der Waals surface area (Å²) in [5, 5.41) is 2.63. The second-order valence-electron chi connectivity index (χ2n) is 5.84. The molecule has 24 heavy (non-hydrogen) atoms. The maximum absolute atomic E-state index is 13.4. The van der Waals surface area contributed by atoms with Gasteiger partial charge in [0.05, 0.1) is 29.8 Å². The van der Waals surface area contributed by atoms with Crippen molar-refractivity contribution in [1.82, 2.24) is 5.32 Å². The first kappa shape index (κ1) is 18.8. The quantitative estimate of drug-likeness (QED) is 0.646. The minimum absolute atomic E-state index is 0.106. The Bertz CT molecular complexity index is 633. The lowest BCUT2D eigenvalue weighted by atomic mass is 10.0. The van der Waals surface area contributed by atoms with E-state index in [4.69, 9.17) is 21.1 Å². The van der Waals surface area contributed by atoms with Gasteiger partial charge < -0.3 is 14.8 Å². The van der Waals surface area contributed by atoms with Gasteiger partial charge in [0.15, 0.2) is 11.6 Å². The molecule has 0 saturated carbocycles. The van der Waals surface area contributed by atoms with Crippen LogP contribution in [0.5, 0.6) is 0 Å². The fourth-order valence-corrected chi connectivity index (χ4v) is 2.56. The van der Waals surface area contributed by atoms with E-state index >= 15 is 0 Å². The molecule has 0 aromatic heterocycles. The number of hydrogen-bond acceptors (Lipinski definition) is 3. The van der Waals surface area contributed by atoms with Gasteiger partial charge in [-0.25, -0.2) is 8.78 Å². The molecule has 1 aliphatic rings.